The molecule has 0 aliphatic rings. The minimum absolute atomic E-state index is 0.0321. The first-order valence-corrected chi connectivity index (χ1v) is 6.41. The molecule has 0 saturated heterocycles. The van der Waals surface area contributed by atoms with E-state index in [9.17, 15) is 10.1 Å². The Hall–Kier alpha value is -2.43. The lowest BCUT2D eigenvalue weighted by atomic mass is 10.1. The molecule has 2 rings (SSSR count). The lowest BCUT2D eigenvalue weighted by Gasteiger charge is -2.17. The highest BCUT2D eigenvalue weighted by Crippen LogP contribution is 2.28. The number of hydrogen-bond acceptors (Lipinski definition) is 4. The SMILES string of the molecule is Cc1cc(C)c([N+](=O)[O-])cc1NC(C)c1cccnc1. The third-order valence-corrected chi connectivity index (χ3v) is 3.30. The van der Waals surface area contributed by atoms with Crippen LogP contribution in [0.5, 0.6) is 0 Å². The summed E-state index contributed by atoms with van der Waals surface area (Å²) >= 11 is 0. The predicted octanol–water partition coefficient (Wildman–Crippen LogP) is 3.78. The third kappa shape index (κ3) is 2.93. The van der Waals surface area contributed by atoms with Gasteiger partial charge in [-0.25, -0.2) is 0 Å². The van der Waals surface area contributed by atoms with Crippen LogP contribution in [-0.2, 0) is 0 Å². The molecule has 1 N–H and O–H groups in total. The van der Waals surface area contributed by atoms with Crippen molar-refractivity contribution in [2.24, 2.45) is 0 Å². The maximum absolute atomic E-state index is 11.0. The van der Waals surface area contributed by atoms with E-state index in [4.69, 9.17) is 0 Å². The number of nitro groups is 1. The molecule has 1 aromatic carbocycles. The Kier molecular flexibility index (Phi) is 3.98. The van der Waals surface area contributed by atoms with E-state index in [-0.39, 0.29) is 16.7 Å². The molecular weight excluding hydrogens is 254 g/mol. The Balaban J connectivity index is 2.29. The molecule has 0 aliphatic heterocycles. The number of hydrogen-bond donors (Lipinski definition) is 1. The van der Waals surface area contributed by atoms with Gasteiger partial charge in [0.05, 0.1) is 11.0 Å². The standard InChI is InChI=1S/C15H17N3O2/c1-10-7-11(2)15(18(19)20)8-14(10)17-12(3)13-5-4-6-16-9-13/h4-9,12,17H,1-3H3. The van der Waals surface area contributed by atoms with Crippen molar-refractivity contribution < 1.29 is 4.92 Å². The fourth-order valence-electron chi connectivity index (χ4n) is 2.14. The quantitative estimate of drug-likeness (QED) is 0.678. The first kappa shape index (κ1) is 14.0. The zero-order chi connectivity index (χ0) is 14.7. The number of aromatic nitrogens is 1. The van der Waals surface area contributed by atoms with E-state index in [1.807, 2.05) is 32.0 Å². The number of nitrogens with zero attached hydrogens (tertiary/aromatic N) is 2. The number of anilines is 1. The minimum atomic E-state index is -0.352. The molecule has 0 spiro atoms. The molecule has 1 aromatic heterocycles. The lowest BCUT2D eigenvalue weighted by molar-refractivity contribution is -0.385. The molecule has 1 heterocycles. The Morgan fingerprint density at radius 3 is 2.65 bits per heavy atom. The largest absolute Gasteiger partial charge is 0.378 e. The van der Waals surface area contributed by atoms with E-state index >= 15 is 0 Å². The fraction of sp³-hybridized carbons (Fsp3) is 0.267. The normalized spacial score (nSPS) is 11.9. The van der Waals surface area contributed by atoms with Gasteiger partial charge in [0.15, 0.2) is 0 Å². The van der Waals surface area contributed by atoms with Gasteiger partial charge in [-0.1, -0.05) is 6.07 Å². The van der Waals surface area contributed by atoms with Crippen molar-refractivity contribution in [2.75, 3.05) is 5.32 Å². The second kappa shape index (κ2) is 5.69. The Labute approximate surface area is 117 Å². The summed E-state index contributed by atoms with van der Waals surface area (Å²) in [6, 6.07) is 7.30. The van der Waals surface area contributed by atoms with Gasteiger partial charge in [0.1, 0.15) is 0 Å². The first-order valence-electron chi connectivity index (χ1n) is 6.41. The third-order valence-electron chi connectivity index (χ3n) is 3.30. The number of rotatable bonds is 4. The molecule has 1 atom stereocenters. The predicted molar refractivity (Wildman–Crippen MR) is 78.8 cm³/mol. The van der Waals surface area contributed by atoms with E-state index in [1.54, 1.807) is 25.4 Å². The summed E-state index contributed by atoms with van der Waals surface area (Å²) in [5, 5.41) is 14.3. The van der Waals surface area contributed by atoms with Crippen molar-refractivity contribution in [3.8, 4) is 0 Å². The summed E-state index contributed by atoms with van der Waals surface area (Å²) in [7, 11) is 0. The Morgan fingerprint density at radius 2 is 2.05 bits per heavy atom. The molecule has 5 heteroatoms. The van der Waals surface area contributed by atoms with Crippen LogP contribution in [0.25, 0.3) is 0 Å². The van der Waals surface area contributed by atoms with Crippen molar-refractivity contribution in [1.29, 1.82) is 0 Å². The summed E-state index contributed by atoms with van der Waals surface area (Å²) in [4.78, 5) is 14.7. The van der Waals surface area contributed by atoms with Gasteiger partial charge in [-0.2, -0.15) is 0 Å². The molecule has 104 valence electrons. The highest BCUT2D eigenvalue weighted by atomic mass is 16.6. The zero-order valence-electron chi connectivity index (χ0n) is 11.8. The van der Waals surface area contributed by atoms with Gasteiger partial charge in [0.25, 0.3) is 5.69 Å². The molecule has 2 aromatic rings. The molecule has 0 aliphatic carbocycles. The van der Waals surface area contributed by atoms with Crippen LogP contribution < -0.4 is 5.32 Å². The van der Waals surface area contributed by atoms with Crippen LogP contribution in [0.3, 0.4) is 0 Å². The van der Waals surface area contributed by atoms with Crippen molar-refractivity contribution in [3.63, 3.8) is 0 Å². The van der Waals surface area contributed by atoms with Crippen LogP contribution in [-0.4, -0.2) is 9.91 Å². The van der Waals surface area contributed by atoms with Crippen molar-refractivity contribution in [3.05, 3.63) is 63.5 Å². The molecule has 0 bridgehead atoms. The molecular formula is C15H17N3O2. The van der Waals surface area contributed by atoms with E-state index in [0.717, 1.165) is 16.8 Å². The summed E-state index contributed by atoms with van der Waals surface area (Å²) in [5.74, 6) is 0. The number of aryl methyl sites for hydroxylation is 2. The molecule has 0 amide bonds. The number of benzene rings is 1. The highest BCUT2D eigenvalue weighted by molar-refractivity contribution is 5.60. The second-order valence-corrected chi connectivity index (χ2v) is 4.86. The van der Waals surface area contributed by atoms with Crippen molar-refractivity contribution in [1.82, 2.24) is 4.98 Å². The average Bonchev–Trinajstić information content (AvgIpc) is 2.42. The summed E-state index contributed by atoms with van der Waals surface area (Å²) < 4.78 is 0. The molecule has 5 nitrogen and oxygen atoms in total. The Bertz CT molecular complexity index is 627. The molecule has 0 saturated carbocycles. The van der Waals surface area contributed by atoms with Gasteiger partial charge in [-0.15, -0.1) is 0 Å². The second-order valence-electron chi connectivity index (χ2n) is 4.86. The van der Waals surface area contributed by atoms with Crippen LogP contribution >= 0.6 is 0 Å². The molecule has 1 unspecified atom stereocenters. The number of nitrogens with one attached hydrogen (secondary N) is 1. The smallest absolute Gasteiger partial charge is 0.274 e. The fourth-order valence-corrected chi connectivity index (χ4v) is 2.14. The van der Waals surface area contributed by atoms with Gasteiger partial charge in [0, 0.05) is 29.7 Å². The lowest BCUT2D eigenvalue weighted by Crippen LogP contribution is -2.08. The van der Waals surface area contributed by atoms with Gasteiger partial charge in [0.2, 0.25) is 0 Å². The summed E-state index contributed by atoms with van der Waals surface area (Å²) in [6.45, 7) is 5.69. The number of nitro benzene ring substituents is 1. The summed E-state index contributed by atoms with van der Waals surface area (Å²) in [5.41, 5.74) is 3.61. The van der Waals surface area contributed by atoms with E-state index in [0.29, 0.717) is 5.56 Å². The average molecular weight is 271 g/mol. The maximum Gasteiger partial charge on any atom is 0.274 e. The topological polar surface area (TPSA) is 68.1 Å². The first-order chi connectivity index (χ1) is 9.49. The summed E-state index contributed by atoms with van der Waals surface area (Å²) in [6.07, 6.45) is 3.51. The van der Waals surface area contributed by atoms with Gasteiger partial charge < -0.3 is 5.32 Å². The van der Waals surface area contributed by atoms with Gasteiger partial charge >= 0.3 is 0 Å². The molecule has 20 heavy (non-hydrogen) atoms. The van der Waals surface area contributed by atoms with Crippen LogP contribution in [0.1, 0.15) is 29.7 Å². The van der Waals surface area contributed by atoms with E-state index in [2.05, 4.69) is 10.3 Å². The van der Waals surface area contributed by atoms with Crippen LogP contribution in [0, 0.1) is 24.0 Å². The molecule has 0 fully saturated rings. The zero-order valence-corrected chi connectivity index (χ0v) is 11.8. The van der Waals surface area contributed by atoms with Crippen molar-refractivity contribution in [2.45, 2.75) is 26.8 Å². The van der Waals surface area contributed by atoms with Crippen LogP contribution in [0.4, 0.5) is 11.4 Å². The van der Waals surface area contributed by atoms with Crippen LogP contribution in [0.2, 0.25) is 0 Å². The van der Waals surface area contributed by atoms with E-state index in [1.165, 1.54) is 0 Å². The monoisotopic (exact) mass is 271 g/mol. The molecule has 0 radical (unpaired) electrons. The minimum Gasteiger partial charge on any atom is -0.378 e. The van der Waals surface area contributed by atoms with Crippen molar-refractivity contribution >= 4 is 11.4 Å². The number of pyridine rings is 1. The maximum atomic E-state index is 11.0. The highest BCUT2D eigenvalue weighted by Gasteiger charge is 2.15. The van der Waals surface area contributed by atoms with Crippen LogP contribution in [0.15, 0.2) is 36.7 Å². The van der Waals surface area contributed by atoms with E-state index < -0.39 is 0 Å². The Morgan fingerprint density at radius 1 is 1.30 bits per heavy atom. The van der Waals surface area contributed by atoms with Gasteiger partial charge in [-0.3, -0.25) is 15.1 Å². The van der Waals surface area contributed by atoms with Gasteiger partial charge in [-0.05, 0) is 44.0 Å².